The molecule has 0 saturated carbocycles. The molecule has 94 valence electrons. The van der Waals surface area contributed by atoms with E-state index >= 15 is 0 Å². The molecule has 18 heavy (non-hydrogen) atoms. The van der Waals surface area contributed by atoms with E-state index in [2.05, 4.69) is 44.2 Å². The van der Waals surface area contributed by atoms with E-state index in [1.807, 2.05) is 12.1 Å². The molecule has 1 heteroatoms. The highest BCUT2D eigenvalue weighted by Gasteiger charge is 2.14. The van der Waals surface area contributed by atoms with E-state index in [1.54, 1.807) is 12.1 Å². The summed E-state index contributed by atoms with van der Waals surface area (Å²) in [4.78, 5) is 0. The summed E-state index contributed by atoms with van der Waals surface area (Å²) in [6.45, 7) is 4.56. The Morgan fingerprint density at radius 2 is 1.50 bits per heavy atom. The van der Waals surface area contributed by atoms with Gasteiger partial charge in [0, 0.05) is 0 Å². The molecular formula is C17H20O. The predicted molar refractivity (Wildman–Crippen MR) is 75.8 cm³/mol. The third-order valence-electron chi connectivity index (χ3n) is 3.67. The van der Waals surface area contributed by atoms with Crippen molar-refractivity contribution >= 4 is 0 Å². The van der Waals surface area contributed by atoms with E-state index < -0.39 is 0 Å². The minimum absolute atomic E-state index is 0.336. The number of hydrogen-bond acceptors (Lipinski definition) is 1. The van der Waals surface area contributed by atoms with Gasteiger partial charge in [-0.05, 0) is 41.5 Å². The van der Waals surface area contributed by atoms with Crippen LogP contribution in [-0.2, 0) is 6.42 Å². The Morgan fingerprint density at radius 1 is 0.889 bits per heavy atom. The smallest absolute Gasteiger partial charge is 0.115 e. The minimum atomic E-state index is 0.336. The lowest BCUT2D eigenvalue weighted by Gasteiger charge is -2.20. The zero-order valence-corrected chi connectivity index (χ0v) is 11.0. The van der Waals surface area contributed by atoms with E-state index in [0.29, 0.717) is 17.6 Å². The highest BCUT2D eigenvalue weighted by Crippen LogP contribution is 2.27. The third-order valence-corrected chi connectivity index (χ3v) is 3.67. The Hall–Kier alpha value is -1.76. The number of benzene rings is 2. The second kappa shape index (κ2) is 5.72. The molecule has 0 bridgehead atoms. The molecular weight excluding hydrogens is 220 g/mol. The molecule has 2 unspecified atom stereocenters. The lowest BCUT2D eigenvalue weighted by molar-refractivity contribution is 0.471. The Morgan fingerprint density at radius 3 is 2.11 bits per heavy atom. The summed E-state index contributed by atoms with van der Waals surface area (Å²) < 4.78 is 0. The van der Waals surface area contributed by atoms with Crippen molar-refractivity contribution in [2.75, 3.05) is 0 Å². The molecule has 2 rings (SSSR count). The first-order valence-corrected chi connectivity index (χ1v) is 6.49. The molecule has 0 saturated heterocycles. The van der Waals surface area contributed by atoms with Gasteiger partial charge in [-0.25, -0.2) is 0 Å². The molecule has 2 aromatic rings. The van der Waals surface area contributed by atoms with Crippen molar-refractivity contribution in [2.45, 2.75) is 26.2 Å². The fraction of sp³-hybridized carbons (Fsp3) is 0.294. The van der Waals surface area contributed by atoms with Crippen molar-refractivity contribution < 1.29 is 5.11 Å². The highest BCUT2D eigenvalue weighted by molar-refractivity contribution is 5.27. The molecule has 0 fully saturated rings. The monoisotopic (exact) mass is 240 g/mol. The number of rotatable bonds is 4. The van der Waals surface area contributed by atoms with E-state index in [0.717, 1.165) is 6.42 Å². The summed E-state index contributed by atoms with van der Waals surface area (Å²) in [5.41, 5.74) is 2.67. The molecule has 1 nitrogen and oxygen atoms in total. The zero-order valence-electron chi connectivity index (χ0n) is 11.0. The van der Waals surface area contributed by atoms with Gasteiger partial charge < -0.3 is 5.11 Å². The van der Waals surface area contributed by atoms with Crippen molar-refractivity contribution in [3.8, 4) is 5.75 Å². The van der Waals surface area contributed by atoms with Gasteiger partial charge in [-0.3, -0.25) is 0 Å². The molecule has 0 heterocycles. The topological polar surface area (TPSA) is 20.2 Å². The van der Waals surface area contributed by atoms with Crippen LogP contribution in [0, 0.1) is 5.92 Å². The van der Waals surface area contributed by atoms with Gasteiger partial charge >= 0.3 is 0 Å². The van der Waals surface area contributed by atoms with Crippen molar-refractivity contribution in [1.29, 1.82) is 0 Å². The van der Waals surface area contributed by atoms with Crippen LogP contribution in [0.15, 0.2) is 54.6 Å². The Balaban J connectivity index is 2.03. The normalized spacial score (nSPS) is 14.1. The van der Waals surface area contributed by atoms with Crippen molar-refractivity contribution in [3.63, 3.8) is 0 Å². The molecule has 0 aliphatic heterocycles. The summed E-state index contributed by atoms with van der Waals surface area (Å²) in [5, 5.41) is 9.28. The predicted octanol–water partition coefficient (Wildman–Crippen LogP) is 4.37. The van der Waals surface area contributed by atoms with Gasteiger partial charge in [-0.2, -0.15) is 0 Å². The summed E-state index contributed by atoms with van der Waals surface area (Å²) in [6.07, 6.45) is 1.04. The Labute approximate surface area is 109 Å². The SMILES string of the molecule is CC(Cc1ccc(O)cc1)C(C)c1ccccc1. The van der Waals surface area contributed by atoms with Gasteiger partial charge in [0.1, 0.15) is 5.75 Å². The number of phenolic OH excluding ortho intramolecular Hbond substituents is 1. The van der Waals surface area contributed by atoms with Crippen LogP contribution in [0.2, 0.25) is 0 Å². The maximum absolute atomic E-state index is 9.28. The second-order valence-electron chi connectivity index (χ2n) is 5.05. The quantitative estimate of drug-likeness (QED) is 0.841. The third kappa shape index (κ3) is 3.13. The molecule has 2 atom stereocenters. The molecule has 0 aliphatic rings. The van der Waals surface area contributed by atoms with Gasteiger partial charge in [-0.15, -0.1) is 0 Å². The Kier molecular flexibility index (Phi) is 4.03. The molecule has 0 spiro atoms. The first kappa shape index (κ1) is 12.7. The zero-order chi connectivity index (χ0) is 13.0. The number of aromatic hydroxyl groups is 1. The molecule has 0 amide bonds. The first-order chi connectivity index (χ1) is 8.66. The molecule has 0 aliphatic carbocycles. The average Bonchev–Trinajstić information content (AvgIpc) is 2.41. The van der Waals surface area contributed by atoms with Crippen LogP contribution >= 0.6 is 0 Å². The largest absolute Gasteiger partial charge is 0.508 e. The van der Waals surface area contributed by atoms with Crippen LogP contribution in [0.25, 0.3) is 0 Å². The van der Waals surface area contributed by atoms with Crippen LogP contribution in [0.1, 0.15) is 30.9 Å². The van der Waals surface area contributed by atoms with Gasteiger partial charge in [0.05, 0.1) is 0 Å². The fourth-order valence-corrected chi connectivity index (χ4v) is 2.27. The molecule has 2 aromatic carbocycles. The highest BCUT2D eigenvalue weighted by atomic mass is 16.3. The summed E-state index contributed by atoms with van der Waals surface area (Å²) >= 11 is 0. The summed E-state index contributed by atoms with van der Waals surface area (Å²) in [5.74, 6) is 1.46. The van der Waals surface area contributed by atoms with E-state index in [9.17, 15) is 5.11 Å². The lowest BCUT2D eigenvalue weighted by atomic mass is 9.85. The first-order valence-electron chi connectivity index (χ1n) is 6.49. The van der Waals surface area contributed by atoms with Crippen molar-refractivity contribution in [3.05, 3.63) is 65.7 Å². The molecule has 1 N–H and O–H groups in total. The lowest BCUT2D eigenvalue weighted by Crippen LogP contribution is -2.09. The maximum Gasteiger partial charge on any atom is 0.115 e. The van der Waals surface area contributed by atoms with E-state index in [1.165, 1.54) is 11.1 Å². The van der Waals surface area contributed by atoms with Crippen molar-refractivity contribution in [1.82, 2.24) is 0 Å². The van der Waals surface area contributed by atoms with Crippen LogP contribution in [-0.4, -0.2) is 5.11 Å². The van der Waals surface area contributed by atoms with Crippen LogP contribution in [0.4, 0.5) is 0 Å². The Bertz CT molecular complexity index is 473. The fourth-order valence-electron chi connectivity index (χ4n) is 2.27. The van der Waals surface area contributed by atoms with E-state index in [4.69, 9.17) is 0 Å². The van der Waals surface area contributed by atoms with Crippen LogP contribution in [0.3, 0.4) is 0 Å². The molecule has 0 radical (unpaired) electrons. The van der Waals surface area contributed by atoms with Crippen molar-refractivity contribution in [2.24, 2.45) is 5.92 Å². The van der Waals surface area contributed by atoms with Gasteiger partial charge in [0.15, 0.2) is 0 Å². The number of phenols is 1. The maximum atomic E-state index is 9.28. The average molecular weight is 240 g/mol. The molecule has 0 aromatic heterocycles. The summed E-state index contributed by atoms with van der Waals surface area (Å²) in [7, 11) is 0. The summed E-state index contributed by atoms with van der Waals surface area (Å²) in [6, 6.07) is 18.2. The van der Waals surface area contributed by atoms with Gasteiger partial charge in [0.25, 0.3) is 0 Å². The second-order valence-corrected chi connectivity index (χ2v) is 5.05. The van der Waals surface area contributed by atoms with Crippen LogP contribution in [0.5, 0.6) is 5.75 Å². The van der Waals surface area contributed by atoms with Gasteiger partial charge in [-0.1, -0.05) is 56.3 Å². The van der Waals surface area contributed by atoms with Gasteiger partial charge in [0.2, 0.25) is 0 Å². The van der Waals surface area contributed by atoms with E-state index in [-0.39, 0.29) is 0 Å². The standard InChI is InChI=1S/C17H20O/c1-13(12-15-8-10-17(18)11-9-15)14(2)16-6-4-3-5-7-16/h3-11,13-14,18H,12H2,1-2H3. The minimum Gasteiger partial charge on any atom is -0.508 e. The number of hydrogen-bond donors (Lipinski definition) is 1. The van der Waals surface area contributed by atoms with Crippen LogP contribution < -0.4 is 0 Å².